The molecule has 2 rings (SSSR count). The number of hydrogen-bond donors (Lipinski definition) is 1. The fourth-order valence-electron chi connectivity index (χ4n) is 1.76. The van der Waals surface area contributed by atoms with Crippen LogP contribution in [0.1, 0.15) is 24.5 Å². The number of likely N-dealkylation sites (N-methyl/N-ethyl adjacent to an activating group) is 1. The van der Waals surface area contributed by atoms with Crippen molar-refractivity contribution in [1.82, 2.24) is 10.2 Å². The maximum absolute atomic E-state index is 5.62. The predicted molar refractivity (Wildman–Crippen MR) is 56.3 cm³/mol. The molecule has 1 atom stereocenters. The summed E-state index contributed by atoms with van der Waals surface area (Å²) in [6.45, 7) is 6.37. The van der Waals surface area contributed by atoms with Gasteiger partial charge in [0.1, 0.15) is 11.5 Å². The van der Waals surface area contributed by atoms with Gasteiger partial charge < -0.3 is 9.73 Å². The summed E-state index contributed by atoms with van der Waals surface area (Å²) in [4.78, 5) is 2.37. The van der Waals surface area contributed by atoms with Gasteiger partial charge in [0.25, 0.3) is 0 Å². The maximum Gasteiger partial charge on any atom is 0.121 e. The van der Waals surface area contributed by atoms with Gasteiger partial charge in [-0.05, 0) is 33.0 Å². The second kappa shape index (κ2) is 3.75. The first-order chi connectivity index (χ1) is 6.68. The van der Waals surface area contributed by atoms with Crippen molar-refractivity contribution in [2.45, 2.75) is 25.9 Å². The number of rotatable bonds is 3. The standard InChI is InChI=1S/C11H18N2O/c1-8-4-5-11(14-8)9(2)13(3)10-6-12-7-10/h4-5,9-10,12H,6-7H2,1-3H3. The third-order valence-corrected chi connectivity index (χ3v) is 3.12. The Labute approximate surface area is 85.1 Å². The molecule has 1 N–H and O–H groups in total. The molecule has 3 heteroatoms. The van der Waals surface area contributed by atoms with Gasteiger partial charge in [0, 0.05) is 19.1 Å². The molecule has 1 aliphatic heterocycles. The molecule has 2 heterocycles. The van der Waals surface area contributed by atoms with E-state index in [9.17, 15) is 0 Å². The molecule has 3 nitrogen and oxygen atoms in total. The van der Waals surface area contributed by atoms with Crippen molar-refractivity contribution in [1.29, 1.82) is 0 Å². The molecule has 0 amide bonds. The highest BCUT2D eigenvalue weighted by atomic mass is 16.3. The molecule has 0 spiro atoms. The van der Waals surface area contributed by atoms with Crippen LogP contribution in [0.3, 0.4) is 0 Å². The molecule has 14 heavy (non-hydrogen) atoms. The third-order valence-electron chi connectivity index (χ3n) is 3.12. The van der Waals surface area contributed by atoms with E-state index < -0.39 is 0 Å². The second-order valence-corrected chi connectivity index (χ2v) is 4.10. The van der Waals surface area contributed by atoms with E-state index in [4.69, 9.17) is 4.42 Å². The van der Waals surface area contributed by atoms with Crippen molar-refractivity contribution in [2.24, 2.45) is 0 Å². The van der Waals surface area contributed by atoms with Crippen molar-refractivity contribution < 1.29 is 4.42 Å². The Bertz CT molecular complexity index is 304. The van der Waals surface area contributed by atoms with E-state index in [1.165, 1.54) is 0 Å². The van der Waals surface area contributed by atoms with Crippen LogP contribution in [0.25, 0.3) is 0 Å². The number of hydrogen-bond acceptors (Lipinski definition) is 3. The number of nitrogens with zero attached hydrogens (tertiary/aromatic N) is 1. The first-order valence-corrected chi connectivity index (χ1v) is 5.17. The molecule has 0 bridgehead atoms. The fraction of sp³-hybridized carbons (Fsp3) is 0.636. The second-order valence-electron chi connectivity index (χ2n) is 4.10. The van der Waals surface area contributed by atoms with Crippen LogP contribution in [0, 0.1) is 6.92 Å². The van der Waals surface area contributed by atoms with Gasteiger partial charge >= 0.3 is 0 Å². The number of nitrogens with one attached hydrogen (secondary N) is 1. The van der Waals surface area contributed by atoms with Crippen LogP contribution in [-0.4, -0.2) is 31.1 Å². The number of furan rings is 1. The largest absolute Gasteiger partial charge is 0.465 e. The molecule has 1 aliphatic rings. The molecule has 1 fully saturated rings. The lowest BCUT2D eigenvalue weighted by molar-refractivity contribution is 0.123. The Hall–Kier alpha value is -0.800. The lowest BCUT2D eigenvalue weighted by Crippen LogP contribution is -2.56. The Morgan fingerprint density at radius 2 is 2.21 bits per heavy atom. The summed E-state index contributed by atoms with van der Waals surface area (Å²) >= 11 is 0. The summed E-state index contributed by atoms with van der Waals surface area (Å²) in [5, 5.41) is 3.28. The SMILES string of the molecule is Cc1ccc(C(C)N(C)C2CNC2)o1. The summed E-state index contributed by atoms with van der Waals surface area (Å²) < 4.78 is 5.62. The Balaban J connectivity index is 2.03. The number of aryl methyl sites for hydroxylation is 1. The summed E-state index contributed by atoms with van der Waals surface area (Å²) in [5.41, 5.74) is 0. The van der Waals surface area contributed by atoms with Crippen LogP contribution in [0.2, 0.25) is 0 Å². The van der Waals surface area contributed by atoms with Crippen molar-refractivity contribution >= 4 is 0 Å². The van der Waals surface area contributed by atoms with Crippen molar-refractivity contribution in [2.75, 3.05) is 20.1 Å². The van der Waals surface area contributed by atoms with Crippen molar-refractivity contribution in [3.05, 3.63) is 23.7 Å². The van der Waals surface area contributed by atoms with Gasteiger partial charge in [0.05, 0.1) is 6.04 Å². The Morgan fingerprint density at radius 1 is 1.50 bits per heavy atom. The van der Waals surface area contributed by atoms with Crippen LogP contribution in [-0.2, 0) is 0 Å². The van der Waals surface area contributed by atoms with Crippen LogP contribution in [0.4, 0.5) is 0 Å². The molecule has 1 aromatic heterocycles. The van der Waals surface area contributed by atoms with Crippen LogP contribution in [0.15, 0.2) is 16.5 Å². The average molecular weight is 194 g/mol. The third kappa shape index (κ3) is 1.70. The lowest BCUT2D eigenvalue weighted by Gasteiger charge is -2.38. The topological polar surface area (TPSA) is 28.4 Å². The Morgan fingerprint density at radius 3 is 2.64 bits per heavy atom. The van der Waals surface area contributed by atoms with Gasteiger partial charge in [-0.15, -0.1) is 0 Å². The zero-order valence-electron chi connectivity index (χ0n) is 9.08. The predicted octanol–water partition coefficient (Wildman–Crippen LogP) is 1.55. The molecule has 0 saturated carbocycles. The molecular weight excluding hydrogens is 176 g/mol. The molecule has 1 saturated heterocycles. The Kier molecular flexibility index (Phi) is 2.61. The minimum atomic E-state index is 0.371. The zero-order valence-corrected chi connectivity index (χ0v) is 9.08. The van der Waals surface area contributed by atoms with Gasteiger partial charge in [-0.2, -0.15) is 0 Å². The highest BCUT2D eigenvalue weighted by Gasteiger charge is 2.26. The van der Waals surface area contributed by atoms with Gasteiger partial charge in [-0.25, -0.2) is 0 Å². The van der Waals surface area contributed by atoms with Gasteiger partial charge in [-0.3, -0.25) is 4.90 Å². The molecule has 78 valence electrons. The van der Waals surface area contributed by atoms with Crippen molar-refractivity contribution in [3.8, 4) is 0 Å². The summed E-state index contributed by atoms with van der Waals surface area (Å²) in [7, 11) is 2.16. The summed E-state index contributed by atoms with van der Waals surface area (Å²) in [6.07, 6.45) is 0. The van der Waals surface area contributed by atoms with E-state index in [1.54, 1.807) is 0 Å². The molecule has 1 unspecified atom stereocenters. The average Bonchev–Trinajstić information content (AvgIpc) is 2.47. The highest BCUT2D eigenvalue weighted by molar-refractivity contribution is 5.09. The van der Waals surface area contributed by atoms with Gasteiger partial charge in [-0.1, -0.05) is 0 Å². The summed E-state index contributed by atoms with van der Waals surface area (Å²) in [5.74, 6) is 2.06. The maximum atomic E-state index is 5.62. The fourth-order valence-corrected chi connectivity index (χ4v) is 1.76. The van der Waals surface area contributed by atoms with Crippen LogP contribution in [0.5, 0.6) is 0 Å². The smallest absolute Gasteiger partial charge is 0.121 e. The van der Waals surface area contributed by atoms with Gasteiger partial charge in [0.2, 0.25) is 0 Å². The monoisotopic (exact) mass is 194 g/mol. The van der Waals surface area contributed by atoms with E-state index in [1.807, 2.05) is 13.0 Å². The molecule has 0 aliphatic carbocycles. The molecular formula is C11H18N2O. The van der Waals surface area contributed by atoms with E-state index >= 15 is 0 Å². The first kappa shape index (κ1) is 9.74. The normalized spacial score (nSPS) is 19.7. The zero-order chi connectivity index (χ0) is 10.1. The molecule has 0 aromatic carbocycles. The van der Waals surface area contributed by atoms with E-state index in [2.05, 4.69) is 30.3 Å². The quantitative estimate of drug-likeness (QED) is 0.791. The van der Waals surface area contributed by atoms with Crippen LogP contribution < -0.4 is 5.32 Å². The van der Waals surface area contributed by atoms with Gasteiger partial charge in [0.15, 0.2) is 0 Å². The lowest BCUT2D eigenvalue weighted by atomic mass is 10.1. The first-order valence-electron chi connectivity index (χ1n) is 5.17. The summed E-state index contributed by atoms with van der Waals surface area (Å²) in [6, 6.07) is 5.13. The van der Waals surface area contributed by atoms with E-state index in [0.717, 1.165) is 24.6 Å². The highest BCUT2D eigenvalue weighted by Crippen LogP contribution is 2.23. The van der Waals surface area contributed by atoms with Crippen molar-refractivity contribution in [3.63, 3.8) is 0 Å². The minimum Gasteiger partial charge on any atom is -0.465 e. The van der Waals surface area contributed by atoms with E-state index in [-0.39, 0.29) is 0 Å². The minimum absolute atomic E-state index is 0.371. The van der Waals surface area contributed by atoms with Crippen LogP contribution >= 0.6 is 0 Å². The van der Waals surface area contributed by atoms with E-state index in [0.29, 0.717) is 12.1 Å². The molecule has 0 radical (unpaired) electrons. The molecule has 1 aromatic rings.